The summed E-state index contributed by atoms with van der Waals surface area (Å²) in [6.07, 6.45) is 3.19. The zero-order valence-electron chi connectivity index (χ0n) is 9.13. The van der Waals surface area contributed by atoms with Crippen molar-refractivity contribution in [1.29, 1.82) is 0 Å². The average Bonchev–Trinajstić information content (AvgIpc) is 2.16. The van der Waals surface area contributed by atoms with Crippen LogP contribution in [-0.4, -0.2) is 12.1 Å². The average molecular weight is 194 g/mol. The molecule has 0 aromatic heterocycles. The Bertz CT molecular complexity index is 288. The lowest BCUT2D eigenvalue weighted by Gasteiger charge is -2.01. The molecule has 0 saturated heterocycles. The quantitative estimate of drug-likeness (QED) is 0.529. The second-order valence-electron chi connectivity index (χ2n) is 3.12. The Hall–Kier alpha value is -1.38. The van der Waals surface area contributed by atoms with Crippen LogP contribution >= 0.6 is 0 Å². The zero-order chi connectivity index (χ0) is 11.1. The first kappa shape index (κ1) is 12.6. The highest BCUT2D eigenvalue weighted by Gasteiger charge is 2.05. The molecular formula is C11H18N2O. The van der Waals surface area contributed by atoms with E-state index in [4.69, 9.17) is 5.73 Å². The fourth-order valence-corrected chi connectivity index (χ4v) is 0.799. The van der Waals surface area contributed by atoms with Crippen molar-refractivity contribution in [1.82, 2.24) is 0 Å². The highest BCUT2D eigenvalue weighted by atomic mass is 16.1. The fourth-order valence-electron chi connectivity index (χ4n) is 0.799. The van der Waals surface area contributed by atoms with Crippen LogP contribution in [0.5, 0.6) is 0 Å². The predicted octanol–water partition coefficient (Wildman–Crippen LogP) is 2.19. The normalized spacial score (nSPS) is 12.8. The summed E-state index contributed by atoms with van der Waals surface area (Å²) in [7, 11) is 0. The Morgan fingerprint density at radius 2 is 2.00 bits per heavy atom. The first-order valence-electron chi connectivity index (χ1n) is 4.74. The lowest BCUT2D eigenvalue weighted by Crippen LogP contribution is -2.14. The number of carbonyl (C=O) groups is 1. The molecule has 0 aliphatic heterocycles. The molecule has 2 N–H and O–H groups in total. The Morgan fingerprint density at radius 3 is 2.36 bits per heavy atom. The number of aliphatic imine (C=N–C) groups is 1. The van der Waals surface area contributed by atoms with E-state index in [1.54, 1.807) is 6.21 Å². The van der Waals surface area contributed by atoms with Crippen LogP contribution < -0.4 is 5.73 Å². The highest BCUT2D eigenvalue weighted by Crippen LogP contribution is 2.09. The summed E-state index contributed by atoms with van der Waals surface area (Å²) in [5.74, 6) is -0.482. The molecular weight excluding hydrogens is 176 g/mol. The Labute approximate surface area is 85.4 Å². The van der Waals surface area contributed by atoms with Crippen molar-refractivity contribution < 1.29 is 4.79 Å². The van der Waals surface area contributed by atoms with Gasteiger partial charge in [-0.1, -0.05) is 20.4 Å². The molecule has 1 amide bonds. The number of hydrogen-bond acceptors (Lipinski definition) is 2. The summed E-state index contributed by atoms with van der Waals surface area (Å²) in [6.45, 7) is 9.56. The number of allylic oxidation sites excluding steroid dienone is 2. The van der Waals surface area contributed by atoms with E-state index >= 15 is 0 Å². The van der Waals surface area contributed by atoms with E-state index < -0.39 is 5.91 Å². The van der Waals surface area contributed by atoms with Gasteiger partial charge in [0.15, 0.2) is 0 Å². The summed E-state index contributed by atoms with van der Waals surface area (Å²) in [4.78, 5) is 15.1. The molecule has 3 nitrogen and oxygen atoms in total. The second-order valence-corrected chi connectivity index (χ2v) is 3.12. The summed E-state index contributed by atoms with van der Waals surface area (Å²) in [5, 5.41) is 0. The summed E-state index contributed by atoms with van der Waals surface area (Å²) in [6, 6.07) is 0. The zero-order valence-corrected chi connectivity index (χ0v) is 9.13. The van der Waals surface area contributed by atoms with Crippen molar-refractivity contribution >= 4 is 12.1 Å². The summed E-state index contributed by atoms with van der Waals surface area (Å²) >= 11 is 0. The van der Waals surface area contributed by atoms with Crippen molar-refractivity contribution in [3.8, 4) is 0 Å². The Morgan fingerprint density at radius 1 is 1.43 bits per heavy atom. The summed E-state index contributed by atoms with van der Waals surface area (Å²) < 4.78 is 0. The van der Waals surface area contributed by atoms with Gasteiger partial charge in [0.25, 0.3) is 5.91 Å². The number of rotatable bonds is 5. The molecule has 14 heavy (non-hydrogen) atoms. The molecule has 3 heteroatoms. The number of carbonyl (C=O) groups excluding carboxylic acids is 1. The van der Waals surface area contributed by atoms with E-state index in [0.717, 1.165) is 24.0 Å². The van der Waals surface area contributed by atoms with Crippen LogP contribution in [0.4, 0.5) is 0 Å². The predicted molar refractivity (Wildman–Crippen MR) is 60.1 cm³/mol. The van der Waals surface area contributed by atoms with Gasteiger partial charge in [-0.05, 0) is 30.9 Å². The van der Waals surface area contributed by atoms with Gasteiger partial charge >= 0.3 is 0 Å². The molecule has 0 radical (unpaired) electrons. The minimum absolute atomic E-state index is 0.349. The monoisotopic (exact) mass is 194 g/mol. The Balaban J connectivity index is 4.81. The topological polar surface area (TPSA) is 55.4 Å². The molecule has 0 fully saturated rings. The third kappa shape index (κ3) is 4.03. The van der Waals surface area contributed by atoms with Gasteiger partial charge in [-0.25, -0.2) is 0 Å². The van der Waals surface area contributed by atoms with E-state index in [1.807, 2.05) is 20.8 Å². The van der Waals surface area contributed by atoms with Crippen LogP contribution in [0.25, 0.3) is 0 Å². The van der Waals surface area contributed by atoms with E-state index in [0.29, 0.717) is 5.70 Å². The van der Waals surface area contributed by atoms with Crippen LogP contribution in [-0.2, 0) is 4.79 Å². The first-order chi connectivity index (χ1) is 6.52. The molecule has 0 unspecified atom stereocenters. The molecule has 0 aromatic carbocycles. The lowest BCUT2D eigenvalue weighted by atomic mass is 10.2. The van der Waals surface area contributed by atoms with Gasteiger partial charge in [-0.3, -0.25) is 9.79 Å². The van der Waals surface area contributed by atoms with E-state index in [9.17, 15) is 4.79 Å². The van der Waals surface area contributed by atoms with Gasteiger partial charge in [-0.15, -0.1) is 0 Å². The second kappa shape index (κ2) is 6.13. The first-order valence-corrected chi connectivity index (χ1v) is 4.74. The fraction of sp³-hybridized carbons (Fsp3) is 0.455. The number of amides is 1. The van der Waals surface area contributed by atoms with Gasteiger partial charge in [0.05, 0.1) is 0 Å². The van der Waals surface area contributed by atoms with Gasteiger partial charge in [-0.2, -0.15) is 0 Å². The van der Waals surface area contributed by atoms with Crippen molar-refractivity contribution in [3.05, 3.63) is 23.4 Å². The SMILES string of the molecule is C=C(/C=N\C(C(N)=O)=C(/C)CC)CC. The minimum Gasteiger partial charge on any atom is -0.364 e. The van der Waals surface area contributed by atoms with Crippen LogP contribution in [0, 0.1) is 0 Å². The van der Waals surface area contributed by atoms with Gasteiger partial charge in [0.2, 0.25) is 0 Å². The van der Waals surface area contributed by atoms with Crippen molar-refractivity contribution in [2.75, 3.05) is 0 Å². The molecule has 0 bridgehead atoms. The maximum atomic E-state index is 11.0. The molecule has 0 heterocycles. The molecule has 0 aliphatic carbocycles. The molecule has 0 rings (SSSR count). The van der Waals surface area contributed by atoms with Gasteiger partial charge in [0.1, 0.15) is 5.70 Å². The third-order valence-corrected chi connectivity index (χ3v) is 2.00. The smallest absolute Gasteiger partial charge is 0.267 e. The maximum Gasteiger partial charge on any atom is 0.267 e. The molecule has 78 valence electrons. The highest BCUT2D eigenvalue weighted by molar-refractivity contribution is 5.95. The van der Waals surface area contributed by atoms with E-state index in [-0.39, 0.29) is 0 Å². The van der Waals surface area contributed by atoms with E-state index in [1.165, 1.54) is 0 Å². The number of nitrogens with two attached hydrogens (primary N) is 1. The van der Waals surface area contributed by atoms with Crippen molar-refractivity contribution in [3.63, 3.8) is 0 Å². The largest absolute Gasteiger partial charge is 0.364 e. The molecule has 0 aliphatic rings. The van der Waals surface area contributed by atoms with Crippen molar-refractivity contribution in [2.24, 2.45) is 10.7 Å². The lowest BCUT2D eigenvalue weighted by molar-refractivity contribution is -0.114. The summed E-state index contributed by atoms with van der Waals surface area (Å²) in [5.41, 5.74) is 7.33. The molecule has 0 spiro atoms. The molecule has 0 saturated carbocycles. The molecule has 0 aromatic rings. The van der Waals surface area contributed by atoms with Crippen LogP contribution in [0.15, 0.2) is 28.4 Å². The van der Waals surface area contributed by atoms with Crippen LogP contribution in [0.3, 0.4) is 0 Å². The maximum absolute atomic E-state index is 11.0. The van der Waals surface area contributed by atoms with Gasteiger partial charge in [0, 0.05) is 6.21 Å². The van der Waals surface area contributed by atoms with E-state index in [2.05, 4.69) is 11.6 Å². The number of primary amides is 1. The van der Waals surface area contributed by atoms with Crippen LogP contribution in [0.1, 0.15) is 33.6 Å². The van der Waals surface area contributed by atoms with Crippen molar-refractivity contribution in [2.45, 2.75) is 33.6 Å². The number of nitrogens with zero attached hydrogens (tertiary/aromatic N) is 1. The number of hydrogen-bond donors (Lipinski definition) is 1. The molecule has 0 atom stereocenters. The van der Waals surface area contributed by atoms with Crippen LogP contribution in [0.2, 0.25) is 0 Å². The van der Waals surface area contributed by atoms with Gasteiger partial charge < -0.3 is 5.73 Å². The Kier molecular flexibility index (Phi) is 5.53. The standard InChI is InChI=1S/C11H18N2O/c1-5-8(3)7-13-10(11(12)14)9(4)6-2/h7H,3,5-6H2,1-2,4H3,(H2,12,14)/b10-9+,13-7-. The minimum atomic E-state index is -0.482. The third-order valence-electron chi connectivity index (χ3n) is 2.00.